The Morgan fingerprint density at radius 2 is 2.07 bits per heavy atom. The molecule has 0 saturated heterocycles. The van der Waals surface area contributed by atoms with Crippen LogP contribution in [-0.2, 0) is 0 Å². The summed E-state index contributed by atoms with van der Waals surface area (Å²) in [5.74, 6) is -0.508. The molecule has 1 aromatic heterocycles. The van der Waals surface area contributed by atoms with Gasteiger partial charge in [-0.2, -0.15) is 0 Å². The van der Waals surface area contributed by atoms with E-state index >= 15 is 0 Å². The molecule has 0 atom stereocenters. The van der Waals surface area contributed by atoms with Crippen molar-refractivity contribution in [3.63, 3.8) is 0 Å². The van der Waals surface area contributed by atoms with Gasteiger partial charge in [-0.15, -0.1) is 0 Å². The lowest BCUT2D eigenvalue weighted by Crippen LogP contribution is -2.12. The number of aromatic nitrogens is 2. The second kappa shape index (κ2) is 3.21. The van der Waals surface area contributed by atoms with Crippen molar-refractivity contribution in [2.75, 3.05) is 0 Å². The van der Waals surface area contributed by atoms with Gasteiger partial charge < -0.3 is 0 Å². The van der Waals surface area contributed by atoms with Crippen molar-refractivity contribution in [1.29, 1.82) is 0 Å². The number of nitrogens with zero attached hydrogens (tertiary/aromatic N) is 2. The molecule has 5 heteroatoms. The summed E-state index contributed by atoms with van der Waals surface area (Å²) in [6, 6.07) is 2.79. The summed E-state index contributed by atoms with van der Waals surface area (Å²) in [6.45, 7) is 1.73. The van der Waals surface area contributed by atoms with E-state index in [0.29, 0.717) is 16.7 Å². The van der Waals surface area contributed by atoms with Gasteiger partial charge in [0.1, 0.15) is 13.7 Å². The zero-order valence-corrected chi connectivity index (χ0v) is 8.14. The molecule has 14 heavy (non-hydrogen) atoms. The molecule has 2 aromatic rings. The minimum absolute atomic E-state index is 0.0168. The lowest BCUT2D eigenvalue weighted by Gasteiger charge is -2.04. The molecular weight excluding hydrogens is 201 g/mol. The molecule has 2 rings (SSSR count). The second-order valence-electron chi connectivity index (χ2n) is 2.93. The van der Waals surface area contributed by atoms with Gasteiger partial charge in [0.15, 0.2) is 5.15 Å². The number of benzene rings is 1. The van der Waals surface area contributed by atoms with Gasteiger partial charge in [-0.1, -0.05) is 11.6 Å². The number of aryl methyl sites for hydroxylation is 1. The fourth-order valence-corrected chi connectivity index (χ4v) is 1.31. The molecular formula is C9H5BClFN2. The number of rotatable bonds is 0. The van der Waals surface area contributed by atoms with Crippen LogP contribution in [0.15, 0.2) is 12.1 Å². The molecule has 0 aliphatic rings. The first-order valence-electron chi connectivity index (χ1n) is 3.97. The number of halogens is 2. The van der Waals surface area contributed by atoms with Gasteiger partial charge in [-0.3, -0.25) is 0 Å². The smallest absolute Gasteiger partial charge is 0.150 e. The van der Waals surface area contributed by atoms with Crippen LogP contribution in [0.2, 0.25) is 5.15 Å². The van der Waals surface area contributed by atoms with E-state index in [4.69, 9.17) is 19.4 Å². The Hall–Kier alpha value is -1.16. The van der Waals surface area contributed by atoms with Gasteiger partial charge in [0.05, 0.1) is 16.7 Å². The summed E-state index contributed by atoms with van der Waals surface area (Å²) in [5, 5.41) is 0.245. The number of hydrogen-bond donors (Lipinski definition) is 0. The van der Waals surface area contributed by atoms with E-state index in [0.717, 1.165) is 0 Å². The fraction of sp³-hybridized carbons (Fsp3) is 0.111. The van der Waals surface area contributed by atoms with Gasteiger partial charge in [-0.25, -0.2) is 14.4 Å². The van der Waals surface area contributed by atoms with Gasteiger partial charge in [0, 0.05) is 0 Å². The Morgan fingerprint density at radius 3 is 2.79 bits per heavy atom. The molecule has 2 nitrogen and oxygen atoms in total. The predicted molar refractivity (Wildman–Crippen MR) is 54.6 cm³/mol. The molecule has 0 aliphatic carbocycles. The molecule has 0 fully saturated rings. The first-order valence-corrected chi connectivity index (χ1v) is 4.35. The van der Waals surface area contributed by atoms with E-state index in [1.54, 1.807) is 6.92 Å². The Morgan fingerprint density at radius 1 is 1.36 bits per heavy atom. The van der Waals surface area contributed by atoms with E-state index in [2.05, 4.69) is 9.97 Å². The zero-order valence-electron chi connectivity index (χ0n) is 7.38. The monoisotopic (exact) mass is 206 g/mol. The van der Waals surface area contributed by atoms with Crippen LogP contribution in [0.25, 0.3) is 11.0 Å². The van der Waals surface area contributed by atoms with Crippen molar-refractivity contribution >= 4 is 35.9 Å². The third kappa shape index (κ3) is 1.36. The fourth-order valence-electron chi connectivity index (χ4n) is 1.19. The highest BCUT2D eigenvalue weighted by atomic mass is 35.5. The van der Waals surface area contributed by atoms with E-state index < -0.39 is 5.82 Å². The van der Waals surface area contributed by atoms with Crippen molar-refractivity contribution < 1.29 is 4.39 Å². The van der Waals surface area contributed by atoms with Gasteiger partial charge in [-0.05, 0) is 24.5 Å². The van der Waals surface area contributed by atoms with E-state index in [1.807, 2.05) is 0 Å². The molecule has 2 radical (unpaired) electrons. The van der Waals surface area contributed by atoms with Crippen molar-refractivity contribution in [2.24, 2.45) is 0 Å². The molecule has 0 amide bonds. The maximum atomic E-state index is 13.0. The lowest BCUT2D eigenvalue weighted by molar-refractivity contribution is 0.637. The quantitative estimate of drug-likeness (QED) is 0.611. The van der Waals surface area contributed by atoms with Crippen LogP contribution in [0, 0.1) is 12.7 Å². The van der Waals surface area contributed by atoms with Crippen LogP contribution < -0.4 is 5.46 Å². The van der Waals surface area contributed by atoms with Crippen molar-refractivity contribution in [1.82, 2.24) is 9.97 Å². The molecule has 0 bridgehead atoms. The first-order chi connectivity index (χ1) is 6.59. The minimum Gasteiger partial charge on any atom is -0.248 e. The maximum Gasteiger partial charge on any atom is 0.150 e. The van der Waals surface area contributed by atoms with Crippen LogP contribution in [0.3, 0.4) is 0 Å². The summed E-state index contributed by atoms with van der Waals surface area (Å²) >= 11 is 5.76. The van der Waals surface area contributed by atoms with Crippen LogP contribution in [0.4, 0.5) is 4.39 Å². The average molecular weight is 206 g/mol. The van der Waals surface area contributed by atoms with Crippen LogP contribution in [-0.4, -0.2) is 17.8 Å². The lowest BCUT2D eigenvalue weighted by atomic mass is 9.94. The topological polar surface area (TPSA) is 25.8 Å². The number of hydrogen-bond acceptors (Lipinski definition) is 2. The third-order valence-corrected chi connectivity index (χ3v) is 2.30. The summed E-state index contributed by atoms with van der Waals surface area (Å²) in [4.78, 5) is 8.11. The summed E-state index contributed by atoms with van der Waals surface area (Å²) in [7, 11) is 5.50. The molecule has 0 aliphatic heterocycles. The normalized spacial score (nSPS) is 10.8. The number of fused-ring (bicyclic) bond motifs is 1. The Kier molecular flexibility index (Phi) is 2.15. The maximum absolute atomic E-state index is 13.0. The Balaban J connectivity index is 2.89. The van der Waals surface area contributed by atoms with Crippen LogP contribution in [0.5, 0.6) is 0 Å². The summed E-state index contributed by atoms with van der Waals surface area (Å²) in [6.07, 6.45) is 0. The molecule has 0 saturated carbocycles. The van der Waals surface area contributed by atoms with Crippen molar-refractivity contribution in [3.05, 3.63) is 28.8 Å². The minimum atomic E-state index is -0.508. The SMILES string of the molecule is [B]c1c(F)ccc2nc(C)c(Cl)nc12. The van der Waals surface area contributed by atoms with Crippen LogP contribution >= 0.6 is 11.6 Å². The molecule has 0 spiro atoms. The summed E-state index contributed by atoms with van der Waals surface area (Å²) in [5.41, 5.74) is 1.44. The highest BCUT2D eigenvalue weighted by Crippen LogP contribution is 2.15. The van der Waals surface area contributed by atoms with Gasteiger partial charge in [0.25, 0.3) is 0 Å². The Bertz CT molecular complexity index is 516. The van der Waals surface area contributed by atoms with Crippen LogP contribution in [0.1, 0.15) is 5.69 Å². The molecule has 68 valence electrons. The highest BCUT2D eigenvalue weighted by molar-refractivity contribution is 6.38. The van der Waals surface area contributed by atoms with Gasteiger partial charge >= 0.3 is 0 Å². The van der Waals surface area contributed by atoms with Crippen molar-refractivity contribution in [2.45, 2.75) is 6.92 Å². The molecule has 1 aromatic carbocycles. The summed E-state index contributed by atoms with van der Waals surface area (Å²) < 4.78 is 13.0. The predicted octanol–water partition coefficient (Wildman–Crippen LogP) is 1.52. The van der Waals surface area contributed by atoms with Gasteiger partial charge in [0.2, 0.25) is 0 Å². The average Bonchev–Trinajstić information content (AvgIpc) is 2.15. The van der Waals surface area contributed by atoms with E-state index in [-0.39, 0.29) is 10.6 Å². The molecule has 0 unspecified atom stereocenters. The van der Waals surface area contributed by atoms with E-state index in [1.165, 1.54) is 12.1 Å². The first kappa shape index (κ1) is 9.40. The standard InChI is InChI=1S/C9H5BClFN2/c1-4-9(11)14-8-6(13-4)3-2-5(12)7(8)10/h2-3H,1H3. The Labute approximate surface area is 86.5 Å². The second-order valence-corrected chi connectivity index (χ2v) is 3.29. The molecule has 1 heterocycles. The highest BCUT2D eigenvalue weighted by Gasteiger charge is 2.07. The third-order valence-electron chi connectivity index (χ3n) is 1.94. The van der Waals surface area contributed by atoms with E-state index in [9.17, 15) is 4.39 Å². The zero-order chi connectivity index (χ0) is 10.3. The van der Waals surface area contributed by atoms with Crippen molar-refractivity contribution in [3.8, 4) is 0 Å². The molecule has 0 N–H and O–H groups in total. The largest absolute Gasteiger partial charge is 0.248 e.